The monoisotopic (exact) mass is 287 g/mol. The fourth-order valence-corrected chi connectivity index (χ4v) is 2.05. The van der Waals surface area contributed by atoms with Crippen LogP contribution >= 0.6 is 11.3 Å². The summed E-state index contributed by atoms with van der Waals surface area (Å²) in [5.41, 5.74) is 0.648. The summed E-state index contributed by atoms with van der Waals surface area (Å²) in [7, 11) is 3.34. The van der Waals surface area contributed by atoms with E-state index in [0.717, 1.165) is 11.3 Å². The predicted octanol–water partition coefficient (Wildman–Crippen LogP) is 0.0357. The average Bonchev–Trinajstić information content (AvgIpc) is 2.77. The van der Waals surface area contributed by atoms with Crippen LogP contribution in [0.3, 0.4) is 0 Å². The third-order valence-corrected chi connectivity index (χ3v) is 3.09. The second-order valence-electron chi connectivity index (χ2n) is 3.96. The first-order valence-corrected chi connectivity index (χ1v) is 6.52. The number of hydrogen-bond donors (Lipinski definition) is 2. The van der Waals surface area contributed by atoms with Crippen molar-refractivity contribution < 1.29 is 19.4 Å². The first kappa shape index (κ1) is 15.5. The van der Waals surface area contributed by atoms with Crippen LogP contribution in [0.25, 0.3) is 0 Å². The Morgan fingerprint density at radius 1 is 1.58 bits per heavy atom. The Morgan fingerprint density at radius 3 is 2.89 bits per heavy atom. The molecule has 0 radical (unpaired) electrons. The second kappa shape index (κ2) is 7.82. The van der Waals surface area contributed by atoms with Crippen LogP contribution < -0.4 is 5.32 Å². The molecule has 106 valence electrons. The van der Waals surface area contributed by atoms with Gasteiger partial charge in [-0.05, 0) is 7.05 Å². The third kappa shape index (κ3) is 5.77. The largest absolute Gasteiger partial charge is 0.476 e. The number of nitrogens with one attached hydrogen (secondary N) is 1. The molecule has 1 aromatic rings. The standard InChI is InChI=1S/C11H17N3O4S/c1-14(6-9(15)12-3-4-18-2)5-8-7-19-10(13-8)11(16)17/h7H,3-6H2,1-2H3,(H,12,15)(H,16,17). The summed E-state index contributed by atoms with van der Waals surface area (Å²) in [5.74, 6) is -1.13. The number of aromatic carboxylic acids is 1. The number of carboxylic acid groups (broad SMARTS) is 1. The van der Waals surface area contributed by atoms with Crippen molar-refractivity contribution in [3.8, 4) is 0 Å². The summed E-state index contributed by atoms with van der Waals surface area (Å²) in [6.07, 6.45) is 0. The molecule has 0 bridgehead atoms. The summed E-state index contributed by atoms with van der Waals surface area (Å²) in [6, 6.07) is 0. The van der Waals surface area contributed by atoms with Crippen molar-refractivity contribution >= 4 is 23.2 Å². The van der Waals surface area contributed by atoms with E-state index in [0.29, 0.717) is 25.4 Å². The van der Waals surface area contributed by atoms with E-state index in [1.807, 2.05) is 0 Å². The van der Waals surface area contributed by atoms with Gasteiger partial charge in [-0.1, -0.05) is 0 Å². The van der Waals surface area contributed by atoms with Gasteiger partial charge in [0.1, 0.15) is 0 Å². The van der Waals surface area contributed by atoms with Crippen molar-refractivity contribution in [2.75, 3.05) is 33.9 Å². The van der Waals surface area contributed by atoms with Crippen molar-refractivity contribution in [2.45, 2.75) is 6.54 Å². The molecule has 0 aromatic carbocycles. The summed E-state index contributed by atoms with van der Waals surface area (Å²) in [5, 5.41) is 13.2. The van der Waals surface area contributed by atoms with Gasteiger partial charge in [0.2, 0.25) is 10.9 Å². The Labute approximate surface area is 115 Å². The minimum Gasteiger partial charge on any atom is -0.476 e. The number of likely N-dealkylation sites (N-methyl/N-ethyl adjacent to an activating group) is 1. The van der Waals surface area contributed by atoms with Crippen LogP contribution in [-0.4, -0.2) is 60.7 Å². The van der Waals surface area contributed by atoms with Gasteiger partial charge in [0.25, 0.3) is 0 Å². The molecule has 7 nitrogen and oxygen atoms in total. The molecule has 0 atom stereocenters. The number of ether oxygens (including phenoxy) is 1. The van der Waals surface area contributed by atoms with Gasteiger partial charge in [0.15, 0.2) is 0 Å². The summed E-state index contributed by atoms with van der Waals surface area (Å²) >= 11 is 1.08. The molecule has 1 aromatic heterocycles. The molecular formula is C11H17N3O4S. The van der Waals surface area contributed by atoms with Crippen LogP contribution in [0.4, 0.5) is 0 Å². The van der Waals surface area contributed by atoms with E-state index < -0.39 is 5.97 Å². The zero-order valence-corrected chi connectivity index (χ0v) is 11.7. The van der Waals surface area contributed by atoms with E-state index >= 15 is 0 Å². The number of rotatable bonds is 8. The van der Waals surface area contributed by atoms with Crippen molar-refractivity contribution in [2.24, 2.45) is 0 Å². The zero-order valence-electron chi connectivity index (χ0n) is 10.9. The molecule has 8 heteroatoms. The molecule has 0 fully saturated rings. The molecule has 0 unspecified atom stereocenters. The van der Waals surface area contributed by atoms with E-state index in [-0.39, 0.29) is 17.5 Å². The van der Waals surface area contributed by atoms with Crippen LogP contribution in [-0.2, 0) is 16.1 Å². The highest BCUT2D eigenvalue weighted by Crippen LogP contribution is 2.10. The quantitative estimate of drug-likeness (QED) is 0.656. The second-order valence-corrected chi connectivity index (χ2v) is 4.82. The first-order chi connectivity index (χ1) is 9.02. The minimum absolute atomic E-state index is 0.0629. The summed E-state index contributed by atoms with van der Waals surface area (Å²) < 4.78 is 4.83. The Morgan fingerprint density at radius 2 is 2.32 bits per heavy atom. The number of aromatic nitrogens is 1. The van der Waals surface area contributed by atoms with Crippen LogP contribution in [0.5, 0.6) is 0 Å². The number of methoxy groups -OCH3 is 1. The van der Waals surface area contributed by atoms with E-state index in [1.54, 1.807) is 24.4 Å². The highest BCUT2D eigenvalue weighted by atomic mass is 32.1. The highest BCUT2D eigenvalue weighted by Gasteiger charge is 2.12. The number of thiazole rings is 1. The molecule has 2 N–H and O–H groups in total. The normalized spacial score (nSPS) is 10.7. The molecule has 0 spiro atoms. The molecule has 1 amide bonds. The van der Waals surface area contributed by atoms with Crippen LogP contribution in [0.15, 0.2) is 5.38 Å². The fraction of sp³-hybridized carbons (Fsp3) is 0.545. The number of hydrogen-bond acceptors (Lipinski definition) is 6. The lowest BCUT2D eigenvalue weighted by molar-refractivity contribution is -0.122. The van der Waals surface area contributed by atoms with Gasteiger partial charge in [0, 0.05) is 25.6 Å². The molecule has 1 rings (SSSR count). The number of carboxylic acids is 1. The Hall–Kier alpha value is -1.51. The van der Waals surface area contributed by atoms with Crippen molar-refractivity contribution in [3.05, 3.63) is 16.1 Å². The minimum atomic E-state index is -1.03. The fourth-order valence-electron chi connectivity index (χ4n) is 1.40. The van der Waals surface area contributed by atoms with Crippen molar-refractivity contribution in [3.63, 3.8) is 0 Å². The van der Waals surface area contributed by atoms with E-state index in [1.165, 1.54) is 0 Å². The smallest absolute Gasteiger partial charge is 0.365 e. The van der Waals surface area contributed by atoms with Crippen molar-refractivity contribution in [1.82, 2.24) is 15.2 Å². The van der Waals surface area contributed by atoms with Crippen molar-refractivity contribution in [1.29, 1.82) is 0 Å². The van der Waals surface area contributed by atoms with Gasteiger partial charge < -0.3 is 15.2 Å². The van der Waals surface area contributed by atoms with Gasteiger partial charge in [0.05, 0.1) is 18.8 Å². The number of amides is 1. The van der Waals surface area contributed by atoms with Gasteiger partial charge in [-0.25, -0.2) is 9.78 Å². The molecule has 0 aliphatic carbocycles. The Kier molecular flexibility index (Phi) is 6.40. The highest BCUT2D eigenvalue weighted by molar-refractivity contribution is 7.11. The molecule has 0 saturated carbocycles. The van der Waals surface area contributed by atoms with Crippen LogP contribution in [0, 0.1) is 0 Å². The Bertz CT molecular complexity index is 435. The lowest BCUT2D eigenvalue weighted by Gasteiger charge is -2.14. The molecular weight excluding hydrogens is 270 g/mol. The molecule has 0 saturated heterocycles. The van der Waals surface area contributed by atoms with Gasteiger partial charge >= 0.3 is 5.97 Å². The summed E-state index contributed by atoms with van der Waals surface area (Å²) in [4.78, 5) is 27.9. The zero-order chi connectivity index (χ0) is 14.3. The van der Waals surface area contributed by atoms with Gasteiger partial charge in [-0.15, -0.1) is 11.3 Å². The SMILES string of the molecule is COCCNC(=O)CN(C)Cc1csc(C(=O)O)n1. The molecule has 1 heterocycles. The van der Waals surface area contributed by atoms with Crippen LogP contribution in [0.2, 0.25) is 0 Å². The number of carbonyl (C=O) groups is 2. The van der Waals surface area contributed by atoms with Gasteiger partial charge in [-0.2, -0.15) is 0 Å². The predicted molar refractivity (Wildman–Crippen MR) is 70.3 cm³/mol. The van der Waals surface area contributed by atoms with E-state index in [9.17, 15) is 9.59 Å². The number of nitrogens with zero attached hydrogens (tertiary/aromatic N) is 2. The summed E-state index contributed by atoms with van der Waals surface area (Å²) in [6.45, 7) is 1.61. The van der Waals surface area contributed by atoms with E-state index in [2.05, 4.69) is 10.3 Å². The maximum Gasteiger partial charge on any atom is 0.365 e. The average molecular weight is 287 g/mol. The molecule has 19 heavy (non-hydrogen) atoms. The van der Waals surface area contributed by atoms with Crippen LogP contribution in [0.1, 0.15) is 15.5 Å². The lowest BCUT2D eigenvalue weighted by Crippen LogP contribution is -2.36. The number of carbonyl (C=O) groups excluding carboxylic acids is 1. The maximum atomic E-state index is 11.5. The molecule has 0 aliphatic rings. The van der Waals surface area contributed by atoms with Gasteiger partial charge in [-0.3, -0.25) is 9.69 Å². The molecule has 0 aliphatic heterocycles. The lowest BCUT2D eigenvalue weighted by atomic mass is 10.4. The van der Waals surface area contributed by atoms with E-state index in [4.69, 9.17) is 9.84 Å². The first-order valence-electron chi connectivity index (χ1n) is 5.64. The topological polar surface area (TPSA) is 91.8 Å². The third-order valence-electron chi connectivity index (χ3n) is 2.21. The Balaban J connectivity index is 2.35. The maximum absolute atomic E-state index is 11.5.